The van der Waals surface area contributed by atoms with Crippen LogP contribution in [-0.4, -0.2) is 19.4 Å². The van der Waals surface area contributed by atoms with Crippen molar-refractivity contribution >= 4 is 21.9 Å². The second-order valence-corrected chi connectivity index (χ2v) is 5.52. The summed E-state index contributed by atoms with van der Waals surface area (Å²) in [5.41, 5.74) is 0.921. The molecule has 2 aromatic rings. The molecule has 4 nitrogen and oxygen atoms in total. The maximum atomic E-state index is 12.1. The van der Waals surface area contributed by atoms with Crippen LogP contribution in [0.15, 0.2) is 46.9 Å². The number of hydrogen-bond donors (Lipinski definition) is 0. The summed E-state index contributed by atoms with van der Waals surface area (Å²) in [6.07, 6.45) is -4.74. The Bertz CT molecular complexity index is 714. The average molecular weight is 405 g/mol. The predicted octanol–water partition coefficient (Wildman–Crippen LogP) is 4.71. The number of carbonyl (C=O) groups is 1. The molecule has 0 aromatic heterocycles. The molecule has 2 rings (SSSR count). The van der Waals surface area contributed by atoms with Gasteiger partial charge in [0.2, 0.25) is 0 Å². The molecule has 0 heterocycles. The van der Waals surface area contributed by atoms with Crippen LogP contribution in [0, 0.1) is 0 Å². The number of esters is 1. The first-order valence-electron chi connectivity index (χ1n) is 6.64. The lowest BCUT2D eigenvalue weighted by Gasteiger charge is -2.12. The average Bonchev–Trinajstić information content (AvgIpc) is 2.53. The normalized spacial score (nSPS) is 11.0. The van der Waals surface area contributed by atoms with Crippen LogP contribution in [0.5, 0.6) is 11.5 Å². The van der Waals surface area contributed by atoms with Crippen molar-refractivity contribution < 1.29 is 32.2 Å². The largest absolute Gasteiger partial charge is 0.573 e. The van der Waals surface area contributed by atoms with Gasteiger partial charge in [0, 0.05) is 10.0 Å². The second kappa shape index (κ2) is 7.57. The van der Waals surface area contributed by atoms with Crippen molar-refractivity contribution in [1.82, 2.24) is 0 Å². The second-order valence-electron chi connectivity index (χ2n) is 4.60. The molecule has 0 bridgehead atoms. The van der Waals surface area contributed by atoms with Crippen LogP contribution < -0.4 is 9.47 Å². The highest BCUT2D eigenvalue weighted by Crippen LogP contribution is 2.25. The highest BCUT2D eigenvalue weighted by atomic mass is 79.9. The van der Waals surface area contributed by atoms with Gasteiger partial charge in [-0.3, -0.25) is 0 Å². The van der Waals surface area contributed by atoms with Crippen molar-refractivity contribution in [1.29, 1.82) is 0 Å². The first kappa shape index (κ1) is 18.1. The van der Waals surface area contributed by atoms with Gasteiger partial charge in [-0.05, 0) is 36.4 Å². The summed E-state index contributed by atoms with van der Waals surface area (Å²) < 4.78 is 51.0. The van der Waals surface area contributed by atoms with Gasteiger partial charge in [0.25, 0.3) is 0 Å². The Morgan fingerprint density at radius 3 is 2.29 bits per heavy atom. The number of carbonyl (C=O) groups excluding carboxylic acids is 1. The molecule has 128 valence electrons. The fourth-order valence-electron chi connectivity index (χ4n) is 1.87. The third-order valence-electron chi connectivity index (χ3n) is 2.93. The van der Waals surface area contributed by atoms with Crippen LogP contribution in [0.25, 0.3) is 0 Å². The maximum Gasteiger partial charge on any atom is 0.573 e. The fourth-order valence-corrected chi connectivity index (χ4v) is 2.23. The molecule has 0 unspecified atom stereocenters. The number of alkyl halides is 3. The number of ether oxygens (including phenoxy) is 3. The highest BCUT2D eigenvalue weighted by Gasteiger charge is 2.30. The molecular formula is C16H12BrF3O4. The van der Waals surface area contributed by atoms with E-state index >= 15 is 0 Å². The Labute approximate surface area is 144 Å². The Balaban J connectivity index is 2.07. The molecule has 0 aliphatic rings. The first-order valence-corrected chi connectivity index (χ1v) is 7.43. The molecule has 0 saturated heterocycles. The van der Waals surface area contributed by atoms with E-state index in [-0.39, 0.29) is 12.4 Å². The summed E-state index contributed by atoms with van der Waals surface area (Å²) >= 11 is 3.27. The lowest BCUT2D eigenvalue weighted by Crippen LogP contribution is -2.16. The lowest BCUT2D eigenvalue weighted by molar-refractivity contribution is -0.274. The number of hydrogen-bond acceptors (Lipinski definition) is 4. The molecule has 8 heteroatoms. The van der Waals surface area contributed by atoms with Crippen LogP contribution in [0.4, 0.5) is 13.2 Å². The molecule has 2 aromatic carbocycles. The number of benzene rings is 2. The summed E-state index contributed by atoms with van der Waals surface area (Å²) in [6, 6.07) is 10.0. The first-order chi connectivity index (χ1) is 11.3. The molecule has 0 aliphatic carbocycles. The monoisotopic (exact) mass is 404 g/mol. The molecule has 24 heavy (non-hydrogen) atoms. The summed E-state index contributed by atoms with van der Waals surface area (Å²) in [5, 5.41) is 0. The van der Waals surface area contributed by atoms with E-state index in [1.54, 1.807) is 18.2 Å². The molecule has 0 amide bonds. The molecule has 0 N–H and O–H groups in total. The summed E-state index contributed by atoms with van der Waals surface area (Å²) in [6.45, 7) is 0.0528. The summed E-state index contributed by atoms with van der Waals surface area (Å²) in [4.78, 5) is 11.8. The van der Waals surface area contributed by atoms with Gasteiger partial charge in [-0.2, -0.15) is 0 Å². The maximum absolute atomic E-state index is 12.1. The van der Waals surface area contributed by atoms with Crippen molar-refractivity contribution in [3.8, 4) is 11.5 Å². The van der Waals surface area contributed by atoms with Crippen molar-refractivity contribution in [3.05, 3.63) is 58.1 Å². The van der Waals surface area contributed by atoms with Gasteiger partial charge in [-0.25, -0.2) is 4.79 Å². The molecule has 0 saturated carbocycles. The van der Waals surface area contributed by atoms with Crippen molar-refractivity contribution in [2.75, 3.05) is 7.11 Å². The van der Waals surface area contributed by atoms with Gasteiger partial charge in [-0.15, -0.1) is 13.2 Å². The van der Waals surface area contributed by atoms with Gasteiger partial charge < -0.3 is 14.2 Å². The van der Waals surface area contributed by atoms with E-state index in [4.69, 9.17) is 9.47 Å². The van der Waals surface area contributed by atoms with Crippen molar-refractivity contribution in [2.45, 2.75) is 13.0 Å². The highest BCUT2D eigenvalue weighted by molar-refractivity contribution is 9.10. The minimum Gasteiger partial charge on any atom is -0.489 e. The number of halogens is 4. The summed E-state index contributed by atoms with van der Waals surface area (Å²) in [5.74, 6) is -0.513. The lowest BCUT2D eigenvalue weighted by atomic mass is 10.1. The van der Waals surface area contributed by atoms with Gasteiger partial charge in [-0.1, -0.05) is 22.0 Å². The van der Waals surface area contributed by atoms with Crippen LogP contribution in [0.2, 0.25) is 0 Å². The molecule has 0 aliphatic heterocycles. The third-order valence-corrected chi connectivity index (χ3v) is 3.42. The van der Waals surface area contributed by atoms with Crippen LogP contribution >= 0.6 is 15.9 Å². The van der Waals surface area contributed by atoms with Crippen molar-refractivity contribution in [2.24, 2.45) is 0 Å². The summed E-state index contributed by atoms with van der Waals surface area (Å²) in [7, 11) is 1.27. The van der Waals surface area contributed by atoms with Gasteiger partial charge >= 0.3 is 12.3 Å². The van der Waals surface area contributed by atoms with E-state index in [9.17, 15) is 18.0 Å². The zero-order chi connectivity index (χ0) is 17.7. The molecule has 0 spiro atoms. The van der Waals surface area contributed by atoms with E-state index in [0.717, 1.165) is 12.1 Å². The predicted molar refractivity (Wildman–Crippen MR) is 82.9 cm³/mol. The third kappa shape index (κ3) is 5.16. The minimum atomic E-state index is -4.74. The van der Waals surface area contributed by atoms with Crippen LogP contribution in [0.3, 0.4) is 0 Å². The minimum absolute atomic E-state index is 0.0528. The van der Waals surface area contributed by atoms with E-state index in [2.05, 4.69) is 20.7 Å². The van der Waals surface area contributed by atoms with Gasteiger partial charge in [0.15, 0.2) is 0 Å². The number of rotatable bonds is 5. The molecule has 0 atom stereocenters. The van der Waals surface area contributed by atoms with Crippen LogP contribution in [-0.2, 0) is 11.3 Å². The van der Waals surface area contributed by atoms with Gasteiger partial charge in [0.05, 0.1) is 12.7 Å². The van der Waals surface area contributed by atoms with E-state index in [1.165, 1.54) is 19.2 Å². The smallest absolute Gasteiger partial charge is 0.489 e. The van der Waals surface area contributed by atoms with E-state index in [0.29, 0.717) is 21.3 Å². The fraction of sp³-hybridized carbons (Fsp3) is 0.188. The Morgan fingerprint density at radius 1 is 1.08 bits per heavy atom. The SMILES string of the molecule is COC(=O)c1cc(Br)ccc1COc1ccc(OC(F)(F)F)cc1. The topological polar surface area (TPSA) is 44.8 Å². The molecule has 0 fully saturated rings. The zero-order valence-corrected chi connectivity index (χ0v) is 14.0. The van der Waals surface area contributed by atoms with E-state index in [1.807, 2.05) is 0 Å². The van der Waals surface area contributed by atoms with Crippen LogP contribution in [0.1, 0.15) is 15.9 Å². The van der Waals surface area contributed by atoms with E-state index < -0.39 is 12.3 Å². The number of methoxy groups -OCH3 is 1. The van der Waals surface area contributed by atoms with Crippen molar-refractivity contribution in [3.63, 3.8) is 0 Å². The Morgan fingerprint density at radius 2 is 1.71 bits per heavy atom. The standard InChI is InChI=1S/C16H12BrF3O4/c1-22-15(21)14-8-11(17)3-2-10(14)9-23-12-4-6-13(7-5-12)24-16(18,19)20/h2-8H,9H2,1H3. The Kier molecular flexibility index (Phi) is 5.71. The molecule has 0 radical (unpaired) electrons. The Hall–Kier alpha value is -2.22. The molecular weight excluding hydrogens is 393 g/mol. The van der Waals surface area contributed by atoms with Gasteiger partial charge in [0.1, 0.15) is 18.1 Å². The quantitative estimate of drug-likeness (QED) is 0.676. The zero-order valence-electron chi connectivity index (χ0n) is 12.4.